The van der Waals surface area contributed by atoms with Crippen molar-refractivity contribution >= 4 is 65.2 Å². The summed E-state index contributed by atoms with van der Waals surface area (Å²) in [4.78, 5) is 0. The van der Waals surface area contributed by atoms with Gasteiger partial charge in [0.25, 0.3) is 0 Å². The number of nitriles is 2. The monoisotopic (exact) mass is 898 g/mol. The third-order valence-electron chi connectivity index (χ3n) is 14.3. The Labute approximate surface area is 408 Å². The fourth-order valence-electron chi connectivity index (χ4n) is 11.3. The highest BCUT2D eigenvalue weighted by Crippen LogP contribution is 2.47. The minimum Gasteiger partial charge on any atom is -0.309 e. The maximum atomic E-state index is 9.92. The molecule has 0 bridgehead atoms. The summed E-state index contributed by atoms with van der Waals surface area (Å²) in [5, 5.41) is 29.3. The van der Waals surface area contributed by atoms with Crippen LogP contribution in [0.4, 0.5) is 0 Å². The Kier molecular flexibility index (Phi) is 9.72. The average molecular weight is 899 g/mol. The highest BCUT2D eigenvalue weighted by molar-refractivity contribution is 6.13. The molecule has 0 saturated heterocycles. The van der Waals surface area contributed by atoms with Crippen molar-refractivity contribution in [2.45, 2.75) is 52.4 Å². The number of nitrogens with zero attached hydrogens (tertiary/aromatic N) is 4. The molecule has 0 aliphatic carbocycles. The van der Waals surface area contributed by atoms with Gasteiger partial charge < -0.3 is 9.13 Å². The summed E-state index contributed by atoms with van der Waals surface area (Å²) in [6, 6.07) is 74.3. The number of benzene rings is 10. The molecule has 0 unspecified atom stereocenters. The number of aromatic nitrogens is 2. The van der Waals surface area contributed by atoms with Crippen LogP contribution < -0.4 is 0 Å². The molecule has 0 amide bonds. The molecule has 0 N–H and O–H groups in total. The second-order valence-corrected chi connectivity index (χ2v) is 20.8. The van der Waals surface area contributed by atoms with Crippen LogP contribution in [0.25, 0.3) is 110 Å². The van der Waals surface area contributed by atoms with E-state index < -0.39 is 0 Å². The van der Waals surface area contributed by atoms with E-state index in [1.54, 1.807) is 0 Å². The van der Waals surface area contributed by atoms with E-state index in [1.807, 2.05) is 36.4 Å². The third kappa shape index (κ3) is 6.87. The zero-order valence-electron chi connectivity index (χ0n) is 40.3. The topological polar surface area (TPSA) is 57.4 Å². The van der Waals surface area contributed by atoms with Crippen LogP contribution in [-0.4, -0.2) is 9.13 Å². The van der Waals surface area contributed by atoms with Crippen molar-refractivity contribution < 1.29 is 0 Å². The minimum absolute atomic E-state index is 0.149. The standard InChI is InChI=1S/C66H50N4/c1-65(2,3)63-52-28-24-47(48-26-32-62-56(36-48)54-34-42(40-68)18-30-60(54)70(62)50-15-11-8-12-16-50)38-58(52)64(66(4,5)6)51-27-23-45(37-57(51)63)43-19-21-44(22-20-43)46-25-31-61-55(35-46)53-33-41(39-67)17-29-59(53)69(61)49-13-9-7-10-14-49/h7-38H,1-6H3. The summed E-state index contributed by atoms with van der Waals surface area (Å²) in [5.41, 5.74) is 17.2. The van der Waals surface area contributed by atoms with E-state index in [-0.39, 0.29) is 10.8 Å². The van der Waals surface area contributed by atoms with Gasteiger partial charge in [-0.25, -0.2) is 0 Å². The Balaban J connectivity index is 0.970. The van der Waals surface area contributed by atoms with Gasteiger partial charge in [0.15, 0.2) is 0 Å². The van der Waals surface area contributed by atoms with Crippen molar-refractivity contribution in [3.8, 4) is 56.9 Å². The molecule has 0 radical (unpaired) electrons. The van der Waals surface area contributed by atoms with Gasteiger partial charge >= 0.3 is 0 Å². The first-order chi connectivity index (χ1) is 33.9. The number of fused-ring (bicyclic) bond motifs is 8. The van der Waals surface area contributed by atoms with E-state index in [0.29, 0.717) is 11.1 Å². The van der Waals surface area contributed by atoms with Gasteiger partial charge in [0.2, 0.25) is 0 Å². The first-order valence-electron chi connectivity index (χ1n) is 24.1. The highest BCUT2D eigenvalue weighted by atomic mass is 15.0. The van der Waals surface area contributed by atoms with Gasteiger partial charge in [0.05, 0.1) is 45.3 Å². The van der Waals surface area contributed by atoms with Crippen LogP contribution in [0.5, 0.6) is 0 Å². The van der Waals surface area contributed by atoms with Crippen molar-refractivity contribution in [1.82, 2.24) is 9.13 Å². The maximum absolute atomic E-state index is 9.92. The van der Waals surface area contributed by atoms with Crippen molar-refractivity contribution in [3.05, 3.63) is 216 Å². The summed E-state index contributed by atoms with van der Waals surface area (Å²) < 4.78 is 4.59. The van der Waals surface area contributed by atoms with Crippen molar-refractivity contribution in [2.75, 3.05) is 0 Å². The van der Waals surface area contributed by atoms with Gasteiger partial charge in [-0.2, -0.15) is 10.5 Å². The molecule has 70 heavy (non-hydrogen) atoms. The fraction of sp³-hybridized carbons (Fsp3) is 0.121. The van der Waals surface area contributed by atoms with E-state index in [9.17, 15) is 10.5 Å². The lowest BCUT2D eigenvalue weighted by atomic mass is 9.73. The maximum Gasteiger partial charge on any atom is 0.0991 e. The second-order valence-electron chi connectivity index (χ2n) is 20.8. The second kappa shape index (κ2) is 16.0. The van der Waals surface area contributed by atoms with Gasteiger partial charge in [0, 0.05) is 32.9 Å². The van der Waals surface area contributed by atoms with Crippen LogP contribution in [0.1, 0.15) is 63.8 Å². The lowest BCUT2D eigenvalue weighted by Gasteiger charge is -2.31. The van der Waals surface area contributed by atoms with Crippen LogP contribution in [0.2, 0.25) is 0 Å². The molecule has 0 spiro atoms. The van der Waals surface area contributed by atoms with Crippen LogP contribution in [0, 0.1) is 22.7 Å². The molecule has 334 valence electrons. The highest BCUT2D eigenvalue weighted by Gasteiger charge is 2.28. The summed E-state index contributed by atoms with van der Waals surface area (Å²) >= 11 is 0. The Morgan fingerprint density at radius 1 is 0.300 bits per heavy atom. The lowest BCUT2D eigenvalue weighted by molar-refractivity contribution is 0.593. The molecule has 2 aromatic heterocycles. The first kappa shape index (κ1) is 42.6. The summed E-state index contributed by atoms with van der Waals surface area (Å²) in [7, 11) is 0. The van der Waals surface area contributed by atoms with E-state index in [2.05, 4.69) is 221 Å². The molecule has 12 rings (SSSR count). The van der Waals surface area contributed by atoms with Crippen molar-refractivity contribution in [2.24, 2.45) is 0 Å². The molecule has 10 aromatic carbocycles. The van der Waals surface area contributed by atoms with E-state index in [0.717, 1.165) is 71.7 Å². The van der Waals surface area contributed by atoms with E-state index in [1.165, 1.54) is 49.4 Å². The average Bonchev–Trinajstić information content (AvgIpc) is 3.88. The predicted molar refractivity (Wildman–Crippen MR) is 293 cm³/mol. The van der Waals surface area contributed by atoms with Gasteiger partial charge in [-0.1, -0.05) is 139 Å². The largest absolute Gasteiger partial charge is 0.309 e. The molecule has 0 fully saturated rings. The fourth-order valence-corrected chi connectivity index (χ4v) is 11.3. The molecular formula is C66H50N4. The molecule has 2 heterocycles. The van der Waals surface area contributed by atoms with Crippen molar-refractivity contribution in [1.29, 1.82) is 10.5 Å². The zero-order valence-corrected chi connectivity index (χ0v) is 40.3. The molecule has 0 atom stereocenters. The molecular weight excluding hydrogens is 849 g/mol. The van der Waals surface area contributed by atoms with E-state index >= 15 is 0 Å². The third-order valence-corrected chi connectivity index (χ3v) is 14.3. The molecule has 0 aliphatic rings. The minimum atomic E-state index is -0.153. The molecule has 0 saturated carbocycles. The van der Waals surface area contributed by atoms with Crippen LogP contribution in [-0.2, 0) is 10.8 Å². The summed E-state index contributed by atoms with van der Waals surface area (Å²) in [6.07, 6.45) is 0. The number of rotatable bonds is 5. The quantitative estimate of drug-likeness (QED) is 0.162. The van der Waals surface area contributed by atoms with Crippen molar-refractivity contribution in [3.63, 3.8) is 0 Å². The predicted octanol–water partition coefficient (Wildman–Crippen LogP) is 17.5. The summed E-state index contributed by atoms with van der Waals surface area (Å²) in [6.45, 7) is 14.0. The first-order valence-corrected chi connectivity index (χ1v) is 24.1. The Bertz CT molecular complexity index is 4180. The Hall–Kier alpha value is -8.70. The Morgan fingerprint density at radius 2 is 0.600 bits per heavy atom. The zero-order chi connectivity index (χ0) is 48.1. The molecule has 0 aliphatic heterocycles. The van der Waals surface area contributed by atoms with Crippen LogP contribution in [0.15, 0.2) is 194 Å². The SMILES string of the molecule is CC(C)(C)c1c2ccc(-c3ccc4c(c3)c3cc(C#N)ccc3n4-c3ccccc3)cc2c(C(C)(C)C)c2ccc(-c3ccc(-c4ccc5c(c4)c4cc(C#N)ccc4n5-c4ccccc4)cc3)cc12. The number of hydrogen-bond acceptors (Lipinski definition) is 2. The van der Waals surface area contributed by atoms with Gasteiger partial charge in [-0.15, -0.1) is 0 Å². The molecule has 12 aromatic rings. The normalized spacial score (nSPS) is 12.1. The molecule has 4 nitrogen and oxygen atoms in total. The Morgan fingerprint density at radius 3 is 0.957 bits per heavy atom. The number of para-hydroxylation sites is 2. The van der Waals surface area contributed by atoms with Gasteiger partial charge in [-0.05, 0) is 174 Å². The van der Waals surface area contributed by atoms with E-state index in [4.69, 9.17) is 0 Å². The van der Waals surface area contributed by atoms with Gasteiger partial charge in [0.1, 0.15) is 0 Å². The summed E-state index contributed by atoms with van der Waals surface area (Å²) in [5.74, 6) is 0. The number of hydrogen-bond donors (Lipinski definition) is 0. The molecule has 4 heteroatoms. The smallest absolute Gasteiger partial charge is 0.0991 e. The van der Waals surface area contributed by atoms with Gasteiger partial charge in [-0.3, -0.25) is 0 Å². The lowest BCUT2D eigenvalue weighted by Crippen LogP contribution is -2.17. The van der Waals surface area contributed by atoms with Crippen LogP contribution >= 0.6 is 0 Å². The van der Waals surface area contributed by atoms with Crippen LogP contribution in [0.3, 0.4) is 0 Å².